The number of ether oxygens (including phenoxy) is 1. The van der Waals surface area contributed by atoms with E-state index in [0.717, 1.165) is 12.8 Å². The van der Waals surface area contributed by atoms with Gasteiger partial charge in [0.15, 0.2) is 5.76 Å². The Labute approximate surface area is 147 Å². The number of amides is 1. The SMILES string of the molecule is Cn1cc2c(n1)-c1cc(C(=O)NC[C@@H]3CCCO3)oc1CC2C(F)(F)F. The molecule has 2 atom stereocenters. The van der Waals surface area contributed by atoms with E-state index in [0.29, 0.717) is 18.7 Å². The lowest BCUT2D eigenvalue weighted by Crippen LogP contribution is -2.31. The standard InChI is InChI=1S/C17H18F3N3O3/c1-23-8-11-12(17(18,19)20)6-13-10(15(11)22-23)5-14(26-13)16(24)21-7-9-3-2-4-25-9/h5,8-9,12H,2-4,6-7H2,1H3,(H,21,24)/t9-,12?/m0/s1. The van der Waals surface area contributed by atoms with Crippen LogP contribution in [0.4, 0.5) is 13.2 Å². The number of fused-ring (bicyclic) bond motifs is 3. The molecule has 1 N–H and O–H groups in total. The molecule has 9 heteroatoms. The number of carbonyl (C=O) groups is 1. The van der Waals surface area contributed by atoms with Gasteiger partial charge >= 0.3 is 6.18 Å². The Hall–Kier alpha value is -2.29. The minimum absolute atomic E-state index is 0.00701. The number of furan rings is 1. The lowest BCUT2D eigenvalue weighted by atomic mass is 9.86. The van der Waals surface area contributed by atoms with Gasteiger partial charge in [-0.05, 0) is 18.9 Å². The Morgan fingerprint density at radius 2 is 2.27 bits per heavy atom. The molecule has 1 amide bonds. The van der Waals surface area contributed by atoms with Crippen molar-refractivity contribution >= 4 is 5.91 Å². The van der Waals surface area contributed by atoms with Crippen molar-refractivity contribution in [3.05, 3.63) is 29.3 Å². The first-order chi connectivity index (χ1) is 12.3. The fraction of sp³-hybridized carbons (Fsp3) is 0.529. The molecule has 2 aromatic rings. The molecule has 2 aliphatic rings. The Morgan fingerprint density at radius 3 is 2.96 bits per heavy atom. The number of nitrogens with one attached hydrogen (secondary N) is 1. The summed E-state index contributed by atoms with van der Waals surface area (Å²) < 4.78 is 52.5. The number of hydrogen-bond acceptors (Lipinski definition) is 4. The van der Waals surface area contributed by atoms with Gasteiger partial charge in [0, 0.05) is 43.9 Å². The highest BCUT2D eigenvalue weighted by molar-refractivity contribution is 5.93. The van der Waals surface area contributed by atoms with Crippen molar-refractivity contribution in [3.8, 4) is 11.3 Å². The van der Waals surface area contributed by atoms with Crippen LogP contribution in [0.25, 0.3) is 11.3 Å². The summed E-state index contributed by atoms with van der Waals surface area (Å²) in [7, 11) is 1.57. The third-order valence-electron chi connectivity index (χ3n) is 4.82. The van der Waals surface area contributed by atoms with Crippen molar-refractivity contribution < 1.29 is 27.1 Å². The van der Waals surface area contributed by atoms with Gasteiger partial charge in [0.1, 0.15) is 5.76 Å². The van der Waals surface area contributed by atoms with Crippen LogP contribution in [0.1, 0.15) is 40.6 Å². The molecule has 0 bridgehead atoms. The summed E-state index contributed by atoms with van der Waals surface area (Å²) in [6.45, 7) is 1.03. The van der Waals surface area contributed by atoms with Crippen molar-refractivity contribution in [1.29, 1.82) is 0 Å². The van der Waals surface area contributed by atoms with Crippen LogP contribution in [-0.2, 0) is 18.2 Å². The van der Waals surface area contributed by atoms with Gasteiger partial charge in [0.2, 0.25) is 0 Å². The molecule has 4 rings (SSSR count). The highest BCUT2D eigenvalue weighted by Crippen LogP contribution is 2.47. The molecule has 6 nitrogen and oxygen atoms in total. The van der Waals surface area contributed by atoms with Gasteiger partial charge in [-0.3, -0.25) is 9.48 Å². The van der Waals surface area contributed by atoms with E-state index in [9.17, 15) is 18.0 Å². The van der Waals surface area contributed by atoms with Crippen molar-refractivity contribution in [2.75, 3.05) is 13.2 Å². The molecule has 1 unspecified atom stereocenters. The van der Waals surface area contributed by atoms with Gasteiger partial charge < -0.3 is 14.5 Å². The molecule has 0 spiro atoms. The maximum atomic E-state index is 13.4. The lowest BCUT2D eigenvalue weighted by Gasteiger charge is -2.23. The molecular weight excluding hydrogens is 351 g/mol. The molecule has 0 saturated carbocycles. The second-order valence-corrected chi connectivity index (χ2v) is 6.70. The van der Waals surface area contributed by atoms with Gasteiger partial charge in [-0.25, -0.2) is 0 Å². The third-order valence-corrected chi connectivity index (χ3v) is 4.82. The number of nitrogens with zero attached hydrogens (tertiary/aromatic N) is 2. The van der Waals surface area contributed by atoms with Crippen LogP contribution in [0.2, 0.25) is 0 Å². The summed E-state index contributed by atoms with van der Waals surface area (Å²) in [6.07, 6.45) is -1.57. The van der Waals surface area contributed by atoms with Crippen molar-refractivity contribution in [1.82, 2.24) is 15.1 Å². The average molecular weight is 369 g/mol. The molecule has 26 heavy (non-hydrogen) atoms. The van der Waals surface area contributed by atoms with Gasteiger partial charge in [-0.2, -0.15) is 18.3 Å². The summed E-state index contributed by atoms with van der Waals surface area (Å²) in [5.41, 5.74) is 0.779. The number of aryl methyl sites for hydroxylation is 1. The molecule has 3 heterocycles. The van der Waals surface area contributed by atoms with Gasteiger partial charge in [0.25, 0.3) is 5.91 Å². The van der Waals surface area contributed by atoms with Crippen LogP contribution < -0.4 is 5.32 Å². The summed E-state index contributed by atoms with van der Waals surface area (Å²) >= 11 is 0. The summed E-state index contributed by atoms with van der Waals surface area (Å²) in [5, 5.41) is 6.86. The lowest BCUT2D eigenvalue weighted by molar-refractivity contribution is -0.151. The molecule has 2 aromatic heterocycles. The normalized spacial score (nSPS) is 22.2. The van der Waals surface area contributed by atoms with E-state index in [-0.39, 0.29) is 35.3 Å². The van der Waals surface area contributed by atoms with Crippen LogP contribution in [0, 0.1) is 0 Å². The largest absolute Gasteiger partial charge is 0.455 e. The topological polar surface area (TPSA) is 69.3 Å². The summed E-state index contributed by atoms with van der Waals surface area (Å²) in [4.78, 5) is 12.3. The highest BCUT2D eigenvalue weighted by Gasteiger charge is 2.47. The first-order valence-electron chi connectivity index (χ1n) is 8.46. The van der Waals surface area contributed by atoms with Crippen LogP contribution in [0.3, 0.4) is 0 Å². The predicted molar refractivity (Wildman–Crippen MR) is 84.7 cm³/mol. The van der Waals surface area contributed by atoms with Crippen LogP contribution in [-0.4, -0.2) is 41.1 Å². The second-order valence-electron chi connectivity index (χ2n) is 6.70. The predicted octanol–water partition coefficient (Wildman–Crippen LogP) is 2.79. The minimum atomic E-state index is -4.41. The molecular formula is C17H18F3N3O3. The van der Waals surface area contributed by atoms with E-state index in [1.54, 1.807) is 7.05 Å². The summed E-state index contributed by atoms with van der Waals surface area (Å²) in [6, 6.07) is 1.47. The number of aromatic nitrogens is 2. The van der Waals surface area contributed by atoms with Gasteiger partial charge in [0.05, 0.1) is 17.7 Å². The average Bonchev–Trinajstić information content (AvgIpc) is 3.28. The maximum absolute atomic E-state index is 13.4. The van der Waals surface area contributed by atoms with E-state index in [1.165, 1.54) is 16.9 Å². The number of alkyl halides is 3. The zero-order valence-electron chi connectivity index (χ0n) is 14.1. The quantitative estimate of drug-likeness (QED) is 0.903. The van der Waals surface area contributed by atoms with Crippen LogP contribution in [0.5, 0.6) is 0 Å². The van der Waals surface area contributed by atoms with E-state index < -0.39 is 18.0 Å². The molecule has 1 saturated heterocycles. The Morgan fingerprint density at radius 1 is 1.46 bits per heavy atom. The minimum Gasteiger partial charge on any atom is -0.455 e. The zero-order valence-corrected chi connectivity index (χ0v) is 14.1. The molecule has 1 aliphatic carbocycles. The number of halogens is 3. The van der Waals surface area contributed by atoms with Crippen molar-refractivity contribution in [2.24, 2.45) is 7.05 Å². The fourth-order valence-electron chi connectivity index (χ4n) is 3.55. The molecule has 0 radical (unpaired) electrons. The molecule has 1 fully saturated rings. The molecule has 140 valence electrons. The molecule has 1 aliphatic heterocycles. The number of hydrogen-bond donors (Lipinski definition) is 1. The fourth-order valence-corrected chi connectivity index (χ4v) is 3.55. The van der Waals surface area contributed by atoms with E-state index in [1.807, 2.05) is 0 Å². The van der Waals surface area contributed by atoms with E-state index in [2.05, 4.69) is 10.4 Å². The third kappa shape index (κ3) is 3.00. The van der Waals surface area contributed by atoms with Crippen LogP contribution in [0.15, 0.2) is 16.7 Å². The number of carbonyl (C=O) groups excluding carboxylic acids is 1. The first kappa shape index (κ1) is 17.1. The summed E-state index contributed by atoms with van der Waals surface area (Å²) in [5.74, 6) is -2.02. The van der Waals surface area contributed by atoms with Gasteiger partial charge in [-0.15, -0.1) is 0 Å². The Kier molecular flexibility index (Phi) is 4.06. The van der Waals surface area contributed by atoms with Crippen molar-refractivity contribution in [2.45, 2.75) is 37.5 Å². The smallest absolute Gasteiger partial charge is 0.396 e. The monoisotopic (exact) mass is 369 g/mol. The van der Waals surface area contributed by atoms with Gasteiger partial charge in [-0.1, -0.05) is 0 Å². The Balaban J connectivity index is 1.60. The highest BCUT2D eigenvalue weighted by atomic mass is 19.4. The zero-order chi connectivity index (χ0) is 18.5. The second kappa shape index (κ2) is 6.15. The van der Waals surface area contributed by atoms with Crippen molar-refractivity contribution in [3.63, 3.8) is 0 Å². The van der Waals surface area contributed by atoms with E-state index >= 15 is 0 Å². The first-order valence-corrected chi connectivity index (χ1v) is 8.46. The maximum Gasteiger partial charge on any atom is 0.396 e. The Bertz CT molecular complexity index is 834. The molecule has 0 aromatic carbocycles. The van der Waals surface area contributed by atoms with Crippen LogP contribution >= 0.6 is 0 Å². The van der Waals surface area contributed by atoms with E-state index in [4.69, 9.17) is 9.15 Å². The number of rotatable bonds is 3.